The number of benzene rings is 1. The van der Waals surface area contributed by atoms with Crippen molar-refractivity contribution in [3.8, 4) is 0 Å². The summed E-state index contributed by atoms with van der Waals surface area (Å²) in [4.78, 5) is 14.9. The van der Waals surface area contributed by atoms with Gasteiger partial charge in [0.25, 0.3) is 0 Å². The Hall–Kier alpha value is -2.07. The van der Waals surface area contributed by atoms with Gasteiger partial charge in [0.15, 0.2) is 0 Å². The van der Waals surface area contributed by atoms with E-state index in [1.54, 1.807) is 0 Å². The standard InChI is InChI=1S/C22H29N3O/c1-16(19-10-9-18-6-3-4-7-20(18)14-19)23-22(26)15-25-13-12-24-11-5-8-21(24)17(25)2/h5,8-11,14,16-17H,3-4,6-7,12-13,15H2,1-2H3,(H,23,26)/t16-,17-/m1/s1. The number of nitrogens with one attached hydrogen (secondary N) is 1. The minimum atomic E-state index is 0.0543. The smallest absolute Gasteiger partial charge is 0.234 e. The van der Waals surface area contributed by atoms with Gasteiger partial charge in [-0.25, -0.2) is 0 Å². The number of fused-ring (bicyclic) bond motifs is 2. The van der Waals surface area contributed by atoms with Crippen molar-refractivity contribution in [2.45, 2.75) is 58.2 Å². The molecule has 0 spiro atoms. The molecule has 2 atom stereocenters. The van der Waals surface area contributed by atoms with Gasteiger partial charge in [-0.15, -0.1) is 0 Å². The van der Waals surface area contributed by atoms with Crippen LogP contribution in [0.2, 0.25) is 0 Å². The molecule has 4 nitrogen and oxygen atoms in total. The van der Waals surface area contributed by atoms with E-state index in [4.69, 9.17) is 0 Å². The zero-order valence-electron chi connectivity index (χ0n) is 15.9. The molecule has 1 aliphatic carbocycles. The van der Waals surface area contributed by atoms with Crippen LogP contribution in [0.1, 0.15) is 61.2 Å². The van der Waals surface area contributed by atoms with Crippen molar-refractivity contribution >= 4 is 5.91 Å². The van der Waals surface area contributed by atoms with Crippen LogP contribution in [0.4, 0.5) is 0 Å². The van der Waals surface area contributed by atoms with Crippen molar-refractivity contribution in [2.24, 2.45) is 0 Å². The molecule has 1 amide bonds. The lowest BCUT2D eigenvalue weighted by Crippen LogP contribution is -2.43. The van der Waals surface area contributed by atoms with Crippen LogP contribution >= 0.6 is 0 Å². The molecule has 4 rings (SSSR count). The summed E-state index contributed by atoms with van der Waals surface area (Å²) in [5, 5.41) is 3.20. The Morgan fingerprint density at radius 2 is 2.00 bits per heavy atom. The van der Waals surface area contributed by atoms with Gasteiger partial charge in [-0.2, -0.15) is 0 Å². The van der Waals surface area contributed by atoms with E-state index < -0.39 is 0 Å². The fourth-order valence-electron chi connectivity index (χ4n) is 4.42. The number of carbonyl (C=O) groups excluding carboxylic acids is 1. The second kappa shape index (κ2) is 7.28. The Kier molecular flexibility index (Phi) is 4.86. The van der Waals surface area contributed by atoms with E-state index in [2.05, 4.69) is 65.2 Å². The van der Waals surface area contributed by atoms with Crippen LogP contribution in [0, 0.1) is 0 Å². The Morgan fingerprint density at radius 1 is 1.19 bits per heavy atom. The van der Waals surface area contributed by atoms with Crippen molar-refractivity contribution in [3.05, 3.63) is 58.9 Å². The van der Waals surface area contributed by atoms with Gasteiger partial charge >= 0.3 is 0 Å². The quantitative estimate of drug-likeness (QED) is 0.913. The molecule has 4 heteroatoms. The van der Waals surface area contributed by atoms with Crippen LogP contribution in [0.25, 0.3) is 0 Å². The highest BCUT2D eigenvalue weighted by molar-refractivity contribution is 5.78. The van der Waals surface area contributed by atoms with Gasteiger partial charge in [0.1, 0.15) is 0 Å². The number of rotatable bonds is 4. The summed E-state index contributed by atoms with van der Waals surface area (Å²) in [6.45, 7) is 6.61. The summed E-state index contributed by atoms with van der Waals surface area (Å²) in [5.74, 6) is 0.113. The second-order valence-electron chi connectivity index (χ2n) is 7.80. The summed E-state index contributed by atoms with van der Waals surface area (Å²) >= 11 is 0. The fourth-order valence-corrected chi connectivity index (χ4v) is 4.42. The summed E-state index contributed by atoms with van der Waals surface area (Å²) < 4.78 is 2.29. The molecule has 0 saturated heterocycles. The van der Waals surface area contributed by atoms with Gasteiger partial charge in [-0.1, -0.05) is 18.2 Å². The van der Waals surface area contributed by atoms with E-state index in [9.17, 15) is 4.79 Å². The molecular weight excluding hydrogens is 322 g/mol. The maximum atomic E-state index is 12.6. The Morgan fingerprint density at radius 3 is 2.85 bits per heavy atom. The van der Waals surface area contributed by atoms with E-state index in [0.29, 0.717) is 6.54 Å². The molecule has 2 heterocycles. The molecule has 2 aliphatic rings. The average Bonchev–Trinajstić information content (AvgIpc) is 3.13. The van der Waals surface area contributed by atoms with Crippen molar-refractivity contribution in [1.29, 1.82) is 0 Å². The predicted octanol–water partition coefficient (Wildman–Crippen LogP) is 3.62. The lowest BCUT2D eigenvalue weighted by atomic mass is 9.89. The highest BCUT2D eigenvalue weighted by Gasteiger charge is 2.25. The maximum Gasteiger partial charge on any atom is 0.234 e. The SMILES string of the molecule is C[C@@H]1c2cccn2CCN1CC(=O)N[C@H](C)c1ccc2c(c1)CCCC2. The number of hydrogen-bond donors (Lipinski definition) is 1. The molecular formula is C22H29N3O. The highest BCUT2D eigenvalue weighted by atomic mass is 16.2. The van der Waals surface area contributed by atoms with Crippen LogP contribution < -0.4 is 5.32 Å². The first kappa shape index (κ1) is 17.3. The van der Waals surface area contributed by atoms with E-state index in [1.165, 1.54) is 48.1 Å². The molecule has 0 fully saturated rings. The Bertz CT molecular complexity index is 794. The van der Waals surface area contributed by atoms with Gasteiger partial charge in [0, 0.05) is 31.0 Å². The van der Waals surface area contributed by atoms with E-state index in [-0.39, 0.29) is 18.0 Å². The Balaban J connectivity index is 1.37. The van der Waals surface area contributed by atoms with Gasteiger partial charge < -0.3 is 9.88 Å². The number of nitrogens with zero attached hydrogens (tertiary/aromatic N) is 2. The zero-order chi connectivity index (χ0) is 18.1. The highest BCUT2D eigenvalue weighted by Crippen LogP contribution is 2.26. The lowest BCUT2D eigenvalue weighted by molar-refractivity contribution is -0.123. The Labute approximate surface area is 156 Å². The molecule has 138 valence electrons. The monoisotopic (exact) mass is 351 g/mol. The van der Waals surface area contributed by atoms with Crippen LogP contribution in [0.15, 0.2) is 36.5 Å². The van der Waals surface area contributed by atoms with Crippen molar-refractivity contribution in [3.63, 3.8) is 0 Å². The molecule has 26 heavy (non-hydrogen) atoms. The summed E-state index contributed by atoms with van der Waals surface area (Å²) in [6, 6.07) is 11.3. The van der Waals surface area contributed by atoms with Crippen LogP contribution in [0.3, 0.4) is 0 Å². The van der Waals surface area contributed by atoms with Crippen molar-refractivity contribution < 1.29 is 4.79 Å². The van der Waals surface area contributed by atoms with Crippen LogP contribution in [-0.4, -0.2) is 28.5 Å². The third-order valence-electron chi connectivity index (χ3n) is 6.07. The molecule has 2 aromatic rings. The minimum absolute atomic E-state index is 0.0543. The second-order valence-corrected chi connectivity index (χ2v) is 7.80. The molecule has 0 unspecified atom stereocenters. The number of aromatic nitrogens is 1. The van der Waals surface area contributed by atoms with Crippen molar-refractivity contribution in [2.75, 3.05) is 13.1 Å². The normalized spacial score (nSPS) is 20.9. The van der Waals surface area contributed by atoms with Gasteiger partial charge in [-0.05, 0) is 68.4 Å². The van der Waals surface area contributed by atoms with E-state index in [1.807, 2.05) is 0 Å². The molecule has 1 aliphatic heterocycles. The maximum absolute atomic E-state index is 12.6. The molecule has 1 aromatic heterocycles. The van der Waals surface area contributed by atoms with Gasteiger partial charge in [0.2, 0.25) is 5.91 Å². The van der Waals surface area contributed by atoms with E-state index in [0.717, 1.165) is 13.1 Å². The van der Waals surface area contributed by atoms with Gasteiger partial charge in [-0.3, -0.25) is 9.69 Å². The molecule has 0 saturated carbocycles. The molecule has 1 aromatic carbocycles. The molecule has 1 N–H and O–H groups in total. The minimum Gasteiger partial charge on any atom is -0.349 e. The number of amides is 1. The summed E-state index contributed by atoms with van der Waals surface area (Å²) in [7, 11) is 0. The third-order valence-corrected chi connectivity index (χ3v) is 6.07. The lowest BCUT2D eigenvalue weighted by Gasteiger charge is -2.34. The predicted molar refractivity (Wildman–Crippen MR) is 104 cm³/mol. The van der Waals surface area contributed by atoms with Crippen molar-refractivity contribution in [1.82, 2.24) is 14.8 Å². The van der Waals surface area contributed by atoms with Crippen LogP contribution in [-0.2, 0) is 24.2 Å². The molecule has 0 radical (unpaired) electrons. The first-order valence-corrected chi connectivity index (χ1v) is 9.92. The summed E-state index contributed by atoms with van der Waals surface area (Å²) in [5.41, 5.74) is 5.48. The first-order valence-electron chi connectivity index (χ1n) is 9.92. The number of aryl methyl sites for hydroxylation is 2. The number of carbonyl (C=O) groups is 1. The third kappa shape index (κ3) is 3.43. The topological polar surface area (TPSA) is 37.3 Å². The summed E-state index contributed by atoms with van der Waals surface area (Å²) in [6.07, 6.45) is 7.09. The zero-order valence-corrected chi connectivity index (χ0v) is 15.9. The number of hydrogen-bond acceptors (Lipinski definition) is 2. The average molecular weight is 351 g/mol. The fraction of sp³-hybridized carbons (Fsp3) is 0.500. The van der Waals surface area contributed by atoms with Crippen LogP contribution in [0.5, 0.6) is 0 Å². The van der Waals surface area contributed by atoms with E-state index >= 15 is 0 Å². The van der Waals surface area contributed by atoms with Gasteiger partial charge in [0.05, 0.1) is 12.6 Å². The first-order chi connectivity index (χ1) is 12.6. The largest absolute Gasteiger partial charge is 0.349 e. The molecule has 0 bridgehead atoms.